The van der Waals surface area contributed by atoms with Crippen molar-refractivity contribution in [3.63, 3.8) is 0 Å². The molecule has 2 amide bonds. The fourth-order valence-corrected chi connectivity index (χ4v) is 2.76. The molecule has 3 aromatic rings. The van der Waals surface area contributed by atoms with Crippen LogP contribution >= 0.6 is 0 Å². The maximum absolute atomic E-state index is 12.6. The van der Waals surface area contributed by atoms with E-state index in [0.29, 0.717) is 16.8 Å². The number of nitrogens with zero attached hydrogens (tertiary/aromatic N) is 2. The maximum Gasteiger partial charge on any atom is 0.270 e. The van der Waals surface area contributed by atoms with E-state index in [1.807, 2.05) is 30.3 Å². The van der Waals surface area contributed by atoms with Gasteiger partial charge in [0.2, 0.25) is 5.91 Å². The minimum absolute atomic E-state index is 0.0433. The van der Waals surface area contributed by atoms with Crippen molar-refractivity contribution in [2.45, 2.75) is 0 Å². The largest absolute Gasteiger partial charge is 0.323 e. The second kappa shape index (κ2) is 9.29. The molecule has 0 aliphatic rings. The van der Waals surface area contributed by atoms with Crippen molar-refractivity contribution in [2.75, 3.05) is 17.3 Å². The van der Waals surface area contributed by atoms with Crippen LogP contribution in [0.25, 0.3) is 6.08 Å². The lowest BCUT2D eigenvalue weighted by atomic mass is 10.1. The van der Waals surface area contributed by atoms with Gasteiger partial charge in [-0.25, -0.2) is 0 Å². The van der Waals surface area contributed by atoms with Crippen molar-refractivity contribution in [3.05, 3.63) is 106 Å². The van der Waals surface area contributed by atoms with Crippen LogP contribution in [0.15, 0.2) is 84.9 Å². The number of carbonyl (C=O) groups excluding carboxylic acids is 2. The zero-order chi connectivity index (χ0) is 21.5. The van der Waals surface area contributed by atoms with Gasteiger partial charge in [-0.15, -0.1) is 0 Å². The molecular formula is C23H19N3O4. The van der Waals surface area contributed by atoms with Gasteiger partial charge in [0, 0.05) is 42.2 Å². The Kier molecular flexibility index (Phi) is 6.34. The summed E-state index contributed by atoms with van der Waals surface area (Å²) >= 11 is 0. The molecule has 0 saturated carbocycles. The van der Waals surface area contributed by atoms with E-state index in [-0.39, 0.29) is 17.5 Å². The number of rotatable bonds is 6. The second-order valence-corrected chi connectivity index (χ2v) is 6.45. The lowest BCUT2D eigenvalue weighted by molar-refractivity contribution is -0.384. The summed E-state index contributed by atoms with van der Waals surface area (Å²) in [4.78, 5) is 36.6. The van der Waals surface area contributed by atoms with E-state index < -0.39 is 4.92 Å². The van der Waals surface area contributed by atoms with Crippen LogP contribution in [0.5, 0.6) is 0 Å². The topological polar surface area (TPSA) is 92.6 Å². The van der Waals surface area contributed by atoms with Crippen LogP contribution in [-0.2, 0) is 4.79 Å². The minimum atomic E-state index is -0.491. The maximum atomic E-state index is 12.6. The van der Waals surface area contributed by atoms with Gasteiger partial charge >= 0.3 is 0 Å². The Morgan fingerprint density at radius 3 is 2.33 bits per heavy atom. The van der Waals surface area contributed by atoms with E-state index in [1.54, 1.807) is 48.3 Å². The summed E-state index contributed by atoms with van der Waals surface area (Å²) in [5.41, 5.74) is 2.31. The smallest absolute Gasteiger partial charge is 0.270 e. The molecule has 0 heterocycles. The molecule has 0 atom stereocenters. The lowest BCUT2D eigenvalue weighted by Gasteiger charge is -2.17. The molecule has 3 rings (SSSR count). The number of non-ortho nitro benzene ring substituents is 1. The first-order chi connectivity index (χ1) is 14.4. The van der Waals surface area contributed by atoms with Crippen molar-refractivity contribution >= 4 is 35.0 Å². The average molecular weight is 401 g/mol. The van der Waals surface area contributed by atoms with Crippen molar-refractivity contribution in [3.8, 4) is 0 Å². The predicted octanol–water partition coefficient (Wildman–Crippen LogP) is 4.52. The molecule has 30 heavy (non-hydrogen) atoms. The molecule has 0 spiro atoms. The standard InChI is InChI=1S/C23H19N3O4/c1-25(20-7-3-2-4-8-20)23(28)18-11-13-19(14-12-18)24-22(27)15-10-17-6-5-9-21(16-17)26(29)30/h2-16H,1H3,(H,24,27)/b15-10+. The van der Waals surface area contributed by atoms with Gasteiger partial charge in [-0.1, -0.05) is 30.3 Å². The first-order valence-electron chi connectivity index (χ1n) is 9.11. The van der Waals surface area contributed by atoms with Gasteiger partial charge < -0.3 is 10.2 Å². The number of nitro benzene ring substituents is 1. The Morgan fingerprint density at radius 1 is 0.967 bits per heavy atom. The Bertz CT molecular complexity index is 1090. The Morgan fingerprint density at radius 2 is 1.67 bits per heavy atom. The molecule has 0 aliphatic heterocycles. The third kappa shape index (κ3) is 5.17. The quantitative estimate of drug-likeness (QED) is 0.373. The Hall–Kier alpha value is -4.26. The fraction of sp³-hybridized carbons (Fsp3) is 0.0435. The lowest BCUT2D eigenvalue weighted by Crippen LogP contribution is -2.26. The summed E-state index contributed by atoms with van der Waals surface area (Å²) in [5.74, 6) is -0.549. The SMILES string of the molecule is CN(C(=O)c1ccc(NC(=O)/C=C/c2cccc([N+](=O)[O-])c2)cc1)c1ccccc1. The summed E-state index contributed by atoms with van der Waals surface area (Å²) in [6, 6.07) is 21.9. The summed E-state index contributed by atoms with van der Waals surface area (Å²) in [6.45, 7) is 0. The molecule has 0 radical (unpaired) electrons. The molecule has 0 fully saturated rings. The van der Waals surface area contributed by atoms with Crippen molar-refractivity contribution < 1.29 is 14.5 Å². The van der Waals surface area contributed by atoms with Crippen LogP contribution < -0.4 is 10.2 Å². The number of benzene rings is 3. The zero-order valence-corrected chi connectivity index (χ0v) is 16.2. The highest BCUT2D eigenvalue weighted by Gasteiger charge is 2.13. The van der Waals surface area contributed by atoms with Crippen LogP contribution in [-0.4, -0.2) is 23.8 Å². The zero-order valence-electron chi connectivity index (χ0n) is 16.2. The van der Waals surface area contributed by atoms with E-state index in [4.69, 9.17) is 0 Å². The third-order valence-electron chi connectivity index (χ3n) is 4.36. The van der Waals surface area contributed by atoms with Crippen LogP contribution in [0.3, 0.4) is 0 Å². The summed E-state index contributed by atoms with van der Waals surface area (Å²) in [7, 11) is 1.70. The molecule has 150 valence electrons. The highest BCUT2D eigenvalue weighted by molar-refractivity contribution is 6.06. The fourth-order valence-electron chi connectivity index (χ4n) is 2.76. The first kappa shape index (κ1) is 20.5. The molecule has 1 N–H and O–H groups in total. The van der Waals surface area contributed by atoms with Crippen molar-refractivity contribution in [1.29, 1.82) is 0 Å². The monoisotopic (exact) mass is 401 g/mol. The molecule has 0 aromatic heterocycles. The highest BCUT2D eigenvalue weighted by atomic mass is 16.6. The number of nitro groups is 1. The molecule has 0 saturated heterocycles. The Labute approximate surface area is 173 Å². The van der Waals surface area contributed by atoms with Gasteiger partial charge in [0.25, 0.3) is 11.6 Å². The van der Waals surface area contributed by atoms with Gasteiger partial charge in [0.05, 0.1) is 4.92 Å². The molecule has 7 heteroatoms. The van der Waals surface area contributed by atoms with Gasteiger partial charge in [-0.3, -0.25) is 19.7 Å². The number of amides is 2. The van der Waals surface area contributed by atoms with Gasteiger partial charge in [0.15, 0.2) is 0 Å². The van der Waals surface area contributed by atoms with E-state index >= 15 is 0 Å². The van der Waals surface area contributed by atoms with E-state index in [2.05, 4.69) is 5.32 Å². The molecular weight excluding hydrogens is 382 g/mol. The molecule has 3 aromatic carbocycles. The molecule has 0 bridgehead atoms. The van der Waals surface area contributed by atoms with Gasteiger partial charge in [0.1, 0.15) is 0 Å². The number of hydrogen-bond donors (Lipinski definition) is 1. The summed E-state index contributed by atoms with van der Waals surface area (Å²) in [5, 5.41) is 13.5. The van der Waals surface area contributed by atoms with Crippen LogP contribution in [0, 0.1) is 10.1 Å². The number of anilines is 2. The Balaban J connectivity index is 1.62. The first-order valence-corrected chi connectivity index (χ1v) is 9.11. The van der Waals surface area contributed by atoms with Gasteiger partial charge in [-0.2, -0.15) is 0 Å². The highest BCUT2D eigenvalue weighted by Crippen LogP contribution is 2.17. The molecule has 0 aliphatic carbocycles. The predicted molar refractivity (Wildman–Crippen MR) is 116 cm³/mol. The van der Waals surface area contributed by atoms with Crippen LogP contribution in [0.2, 0.25) is 0 Å². The average Bonchev–Trinajstić information content (AvgIpc) is 2.78. The van der Waals surface area contributed by atoms with E-state index in [9.17, 15) is 19.7 Å². The van der Waals surface area contributed by atoms with Gasteiger partial charge in [-0.05, 0) is 48.0 Å². The van der Waals surface area contributed by atoms with E-state index in [1.165, 1.54) is 24.3 Å². The normalized spacial score (nSPS) is 10.6. The molecule has 7 nitrogen and oxygen atoms in total. The van der Waals surface area contributed by atoms with Crippen molar-refractivity contribution in [2.24, 2.45) is 0 Å². The van der Waals surface area contributed by atoms with E-state index in [0.717, 1.165) is 5.69 Å². The molecule has 0 unspecified atom stereocenters. The number of carbonyl (C=O) groups is 2. The third-order valence-corrected chi connectivity index (χ3v) is 4.36. The van der Waals surface area contributed by atoms with Crippen LogP contribution in [0.4, 0.5) is 17.1 Å². The summed E-state index contributed by atoms with van der Waals surface area (Å²) in [6.07, 6.45) is 2.79. The number of para-hydroxylation sites is 1. The van der Waals surface area contributed by atoms with Crippen LogP contribution in [0.1, 0.15) is 15.9 Å². The second-order valence-electron chi connectivity index (χ2n) is 6.45. The minimum Gasteiger partial charge on any atom is -0.323 e. The van der Waals surface area contributed by atoms with Crippen molar-refractivity contribution in [1.82, 2.24) is 0 Å². The number of nitrogens with one attached hydrogen (secondary N) is 1. The summed E-state index contributed by atoms with van der Waals surface area (Å²) < 4.78 is 0. The number of hydrogen-bond acceptors (Lipinski definition) is 4.